The van der Waals surface area contributed by atoms with Gasteiger partial charge in [-0.3, -0.25) is 0 Å². The number of nitrogens with one attached hydrogen (secondary N) is 1. The Morgan fingerprint density at radius 2 is 2.26 bits per heavy atom. The normalized spacial score (nSPS) is 12.4. The van der Waals surface area contributed by atoms with Crippen LogP contribution in [0, 0.1) is 6.92 Å². The molecule has 0 aliphatic carbocycles. The molecule has 0 aliphatic rings. The largest absolute Gasteiger partial charge is 0.375 e. The first-order valence-electron chi connectivity index (χ1n) is 8.38. The number of methoxy groups -OCH3 is 1. The summed E-state index contributed by atoms with van der Waals surface area (Å²) in [6.45, 7) is 9.40. The molecule has 0 saturated carbocycles. The predicted molar refractivity (Wildman–Crippen MR) is 119 cm³/mol. The molecule has 0 saturated heterocycles. The van der Waals surface area contributed by atoms with Gasteiger partial charge >= 0.3 is 0 Å². The maximum atomic E-state index is 5.33. The highest BCUT2D eigenvalue weighted by molar-refractivity contribution is 14.0. The zero-order chi connectivity index (χ0) is 19.1. The minimum absolute atomic E-state index is 0. The highest BCUT2D eigenvalue weighted by Gasteiger charge is 2.13. The molecule has 8 nitrogen and oxygen atoms in total. The van der Waals surface area contributed by atoms with Crippen LogP contribution < -0.4 is 5.32 Å². The fourth-order valence-corrected chi connectivity index (χ4v) is 3.05. The molecule has 150 valence electrons. The van der Waals surface area contributed by atoms with Crippen molar-refractivity contribution in [3.63, 3.8) is 0 Å². The molecular formula is C17H28IN7OS. The second-order valence-electron chi connectivity index (χ2n) is 5.94. The van der Waals surface area contributed by atoms with Crippen molar-refractivity contribution < 1.29 is 4.74 Å². The van der Waals surface area contributed by atoms with Gasteiger partial charge in [0.2, 0.25) is 0 Å². The molecule has 0 amide bonds. The first-order valence-corrected chi connectivity index (χ1v) is 9.26. The summed E-state index contributed by atoms with van der Waals surface area (Å²) in [6.07, 6.45) is 1.81. The van der Waals surface area contributed by atoms with Crippen LogP contribution in [0.1, 0.15) is 35.4 Å². The van der Waals surface area contributed by atoms with Gasteiger partial charge in [0.05, 0.1) is 12.2 Å². The lowest BCUT2D eigenvalue weighted by Crippen LogP contribution is -2.38. The molecule has 0 aliphatic heterocycles. The Morgan fingerprint density at radius 1 is 1.52 bits per heavy atom. The molecule has 1 unspecified atom stereocenters. The fourth-order valence-electron chi connectivity index (χ4n) is 2.21. The average Bonchev–Trinajstić information content (AvgIpc) is 3.22. The summed E-state index contributed by atoms with van der Waals surface area (Å²) >= 11 is 1.61. The van der Waals surface area contributed by atoms with Gasteiger partial charge in [-0.2, -0.15) is 0 Å². The summed E-state index contributed by atoms with van der Waals surface area (Å²) < 4.78 is 7.27. The average molecular weight is 505 g/mol. The molecule has 2 aromatic heterocycles. The first-order chi connectivity index (χ1) is 12.5. The van der Waals surface area contributed by atoms with Gasteiger partial charge in [0.25, 0.3) is 0 Å². The first kappa shape index (κ1) is 23.5. The van der Waals surface area contributed by atoms with E-state index in [1.54, 1.807) is 24.5 Å². The third-order valence-corrected chi connectivity index (χ3v) is 5.04. The number of halogens is 1. The molecular weight excluding hydrogens is 477 g/mol. The van der Waals surface area contributed by atoms with Gasteiger partial charge in [0.1, 0.15) is 23.5 Å². The van der Waals surface area contributed by atoms with Crippen LogP contribution in [0.25, 0.3) is 0 Å². The molecule has 0 bridgehead atoms. The third-order valence-electron chi connectivity index (χ3n) is 3.99. The minimum atomic E-state index is 0. The summed E-state index contributed by atoms with van der Waals surface area (Å²) in [5.74, 6) is 2.45. The lowest BCUT2D eigenvalue weighted by molar-refractivity contribution is 0.119. The second-order valence-corrected chi connectivity index (χ2v) is 6.83. The molecule has 2 aromatic rings. The van der Waals surface area contributed by atoms with Crippen molar-refractivity contribution in [3.05, 3.63) is 40.4 Å². The Balaban J connectivity index is 0.00000364. The number of aromatic nitrogens is 4. The van der Waals surface area contributed by atoms with E-state index < -0.39 is 0 Å². The Hall–Kier alpha value is -1.53. The van der Waals surface area contributed by atoms with Gasteiger partial charge < -0.3 is 19.5 Å². The standard InChI is InChI=1S/C17H27N7OS.HI/c1-7-8-18-17(19-9-15-22-21-13(3)24(15)5)23(4)10-14-11-26-16(20-14)12(2)25-6;/h7,11-12H,1,8-10H2,2-6H3,(H,18,19);1H. The highest BCUT2D eigenvalue weighted by atomic mass is 127. The molecule has 1 atom stereocenters. The van der Waals surface area contributed by atoms with Crippen LogP contribution in [-0.2, 0) is 24.9 Å². The van der Waals surface area contributed by atoms with Crippen molar-refractivity contribution in [1.29, 1.82) is 0 Å². The topological polar surface area (TPSA) is 80.5 Å². The smallest absolute Gasteiger partial charge is 0.194 e. The van der Waals surface area contributed by atoms with Crippen LogP contribution in [0.5, 0.6) is 0 Å². The minimum Gasteiger partial charge on any atom is -0.375 e. The van der Waals surface area contributed by atoms with E-state index in [2.05, 4.69) is 37.4 Å². The van der Waals surface area contributed by atoms with E-state index in [0.717, 1.165) is 28.3 Å². The van der Waals surface area contributed by atoms with Gasteiger partial charge in [0.15, 0.2) is 11.8 Å². The number of guanidine groups is 1. The molecule has 2 heterocycles. The molecule has 1 N–H and O–H groups in total. The van der Waals surface area contributed by atoms with E-state index in [1.807, 2.05) is 37.4 Å². The van der Waals surface area contributed by atoms with E-state index >= 15 is 0 Å². The van der Waals surface area contributed by atoms with Crippen LogP contribution in [0.4, 0.5) is 0 Å². The molecule has 0 fully saturated rings. The van der Waals surface area contributed by atoms with E-state index in [0.29, 0.717) is 19.6 Å². The van der Waals surface area contributed by atoms with Crippen molar-refractivity contribution in [1.82, 2.24) is 30.0 Å². The Kier molecular flexibility index (Phi) is 9.88. The van der Waals surface area contributed by atoms with Crippen LogP contribution >= 0.6 is 35.3 Å². The number of aryl methyl sites for hydroxylation is 1. The van der Waals surface area contributed by atoms with Crippen molar-refractivity contribution >= 4 is 41.3 Å². The number of rotatable bonds is 8. The van der Waals surface area contributed by atoms with E-state index in [9.17, 15) is 0 Å². The number of hydrogen-bond acceptors (Lipinski definition) is 6. The van der Waals surface area contributed by atoms with Gasteiger partial charge in [-0.05, 0) is 13.8 Å². The Bertz CT molecular complexity index is 758. The summed E-state index contributed by atoms with van der Waals surface area (Å²) in [7, 11) is 5.61. The fraction of sp³-hybridized carbons (Fsp3) is 0.529. The van der Waals surface area contributed by atoms with E-state index in [-0.39, 0.29) is 30.1 Å². The summed E-state index contributed by atoms with van der Waals surface area (Å²) in [5.41, 5.74) is 0.985. The number of thiazole rings is 1. The molecule has 0 spiro atoms. The van der Waals surface area contributed by atoms with Crippen LogP contribution in [0.3, 0.4) is 0 Å². The number of hydrogen-bond donors (Lipinski definition) is 1. The molecule has 10 heteroatoms. The summed E-state index contributed by atoms with van der Waals surface area (Å²) in [5, 5.41) is 14.5. The predicted octanol–water partition coefficient (Wildman–Crippen LogP) is 2.67. The maximum Gasteiger partial charge on any atom is 0.194 e. The number of ether oxygens (including phenoxy) is 1. The van der Waals surface area contributed by atoms with Crippen LogP contribution in [0.15, 0.2) is 23.0 Å². The molecule has 0 aromatic carbocycles. The van der Waals surface area contributed by atoms with Crippen LogP contribution in [-0.4, -0.2) is 51.3 Å². The van der Waals surface area contributed by atoms with Crippen molar-refractivity contribution in [3.8, 4) is 0 Å². The maximum absolute atomic E-state index is 5.33. The molecule has 2 rings (SSSR count). The Labute approximate surface area is 181 Å². The van der Waals surface area contributed by atoms with Crippen LogP contribution in [0.2, 0.25) is 0 Å². The monoisotopic (exact) mass is 505 g/mol. The number of aliphatic imine (C=N–C) groups is 1. The lowest BCUT2D eigenvalue weighted by atomic mass is 10.4. The van der Waals surface area contributed by atoms with E-state index in [4.69, 9.17) is 4.74 Å². The second kappa shape index (κ2) is 11.3. The van der Waals surface area contributed by atoms with Gasteiger partial charge in [-0.25, -0.2) is 9.98 Å². The molecule has 27 heavy (non-hydrogen) atoms. The van der Waals surface area contributed by atoms with Crippen molar-refractivity contribution in [2.45, 2.75) is 33.0 Å². The van der Waals surface area contributed by atoms with Crippen molar-refractivity contribution in [2.24, 2.45) is 12.0 Å². The highest BCUT2D eigenvalue weighted by Crippen LogP contribution is 2.20. The Morgan fingerprint density at radius 3 is 2.85 bits per heavy atom. The lowest BCUT2D eigenvalue weighted by Gasteiger charge is -2.21. The zero-order valence-corrected chi connectivity index (χ0v) is 19.6. The SMILES string of the molecule is C=CCNC(=NCc1nnc(C)n1C)N(C)Cc1csc(C(C)OC)n1.I. The zero-order valence-electron chi connectivity index (χ0n) is 16.5. The van der Waals surface area contributed by atoms with Gasteiger partial charge in [0, 0.05) is 33.1 Å². The summed E-state index contributed by atoms with van der Waals surface area (Å²) in [4.78, 5) is 11.3. The third kappa shape index (κ3) is 6.54. The van der Waals surface area contributed by atoms with E-state index in [1.165, 1.54) is 0 Å². The summed E-state index contributed by atoms with van der Waals surface area (Å²) in [6, 6.07) is 0. The van der Waals surface area contributed by atoms with Crippen molar-refractivity contribution in [2.75, 3.05) is 20.7 Å². The molecule has 0 radical (unpaired) electrons. The van der Waals surface area contributed by atoms with Gasteiger partial charge in [-0.1, -0.05) is 6.08 Å². The number of nitrogens with zero attached hydrogens (tertiary/aromatic N) is 6. The van der Waals surface area contributed by atoms with Gasteiger partial charge in [-0.15, -0.1) is 52.1 Å². The quantitative estimate of drug-likeness (QED) is 0.257.